The fraction of sp³-hybridized carbons (Fsp3) is 0.500. The first-order valence-electron chi connectivity index (χ1n) is 9.49. The SMILES string of the molecule is CC(C)c1cc(-c2cc(C(C)C)cc(C(C)C)c2)cc(C(C)C)c1. The highest BCUT2D eigenvalue weighted by Gasteiger charge is 2.12. The van der Waals surface area contributed by atoms with Crippen LogP contribution in [0.2, 0.25) is 0 Å². The van der Waals surface area contributed by atoms with E-state index in [1.165, 1.54) is 33.4 Å². The molecule has 0 bridgehead atoms. The second-order valence-electron chi connectivity index (χ2n) is 8.40. The quantitative estimate of drug-likeness (QED) is 0.525. The van der Waals surface area contributed by atoms with Gasteiger partial charge in [-0.25, -0.2) is 0 Å². The van der Waals surface area contributed by atoms with E-state index in [0.29, 0.717) is 23.7 Å². The normalized spacial score (nSPS) is 12.0. The molecule has 0 saturated heterocycles. The van der Waals surface area contributed by atoms with E-state index in [2.05, 4.69) is 91.8 Å². The molecule has 0 aliphatic carbocycles. The van der Waals surface area contributed by atoms with E-state index in [9.17, 15) is 0 Å². The Morgan fingerprint density at radius 1 is 0.375 bits per heavy atom. The van der Waals surface area contributed by atoms with Crippen molar-refractivity contribution in [2.24, 2.45) is 0 Å². The predicted octanol–water partition coefficient (Wildman–Crippen LogP) is 7.85. The van der Waals surface area contributed by atoms with Crippen LogP contribution in [0.1, 0.15) is 101 Å². The van der Waals surface area contributed by atoms with Gasteiger partial charge in [0, 0.05) is 0 Å². The second kappa shape index (κ2) is 7.55. The topological polar surface area (TPSA) is 0 Å². The Morgan fingerprint density at radius 3 is 0.750 bits per heavy atom. The molecule has 0 nitrogen and oxygen atoms in total. The van der Waals surface area contributed by atoms with Crippen molar-refractivity contribution in [2.45, 2.75) is 79.1 Å². The smallest absolute Gasteiger partial charge is 0.0178 e. The van der Waals surface area contributed by atoms with Crippen LogP contribution in [0.5, 0.6) is 0 Å². The van der Waals surface area contributed by atoms with Gasteiger partial charge in [-0.15, -0.1) is 0 Å². The number of hydrogen-bond acceptors (Lipinski definition) is 0. The van der Waals surface area contributed by atoms with Gasteiger partial charge in [-0.05, 0) is 57.1 Å². The summed E-state index contributed by atoms with van der Waals surface area (Å²) >= 11 is 0. The van der Waals surface area contributed by atoms with Crippen molar-refractivity contribution in [1.29, 1.82) is 0 Å². The molecule has 2 rings (SSSR count). The lowest BCUT2D eigenvalue weighted by Crippen LogP contribution is -1.98. The van der Waals surface area contributed by atoms with Crippen molar-refractivity contribution < 1.29 is 0 Å². The molecule has 0 saturated carbocycles. The lowest BCUT2D eigenvalue weighted by molar-refractivity contribution is 0.831. The largest absolute Gasteiger partial charge is 0.0587 e. The zero-order chi connectivity index (χ0) is 18.0. The first-order chi connectivity index (χ1) is 11.2. The highest BCUT2D eigenvalue weighted by Crippen LogP contribution is 2.33. The van der Waals surface area contributed by atoms with Gasteiger partial charge >= 0.3 is 0 Å². The van der Waals surface area contributed by atoms with Gasteiger partial charge in [-0.2, -0.15) is 0 Å². The Labute approximate surface area is 149 Å². The molecule has 2 aromatic rings. The number of rotatable bonds is 5. The van der Waals surface area contributed by atoms with Gasteiger partial charge in [-0.3, -0.25) is 0 Å². The van der Waals surface area contributed by atoms with Crippen LogP contribution >= 0.6 is 0 Å². The molecule has 0 heteroatoms. The molecular formula is C24H34. The summed E-state index contributed by atoms with van der Waals surface area (Å²) in [5.41, 5.74) is 8.51. The zero-order valence-electron chi connectivity index (χ0n) is 16.8. The van der Waals surface area contributed by atoms with Gasteiger partial charge in [0.05, 0.1) is 0 Å². The summed E-state index contributed by atoms with van der Waals surface area (Å²) in [7, 11) is 0. The third-order valence-corrected chi connectivity index (χ3v) is 4.96. The zero-order valence-corrected chi connectivity index (χ0v) is 16.8. The number of benzene rings is 2. The van der Waals surface area contributed by atoms with Crippen LogP contribution in [-0.2, 0) is 0 Å². The van der Waals surface area contributed by atoms with E-state index in [1.807, 2.05) is 0 Å². The minimum atomic E-state index is 0.556. The third-order valence-electron chi connectivity index (χ3n) is 4.96. The first kappa shape index (κ1) is 18.8. The fourth-order valence-corrected chi connectivity index (χ4v) is 3.02. The van der Waals surface area contributed by atoms with Crippen LogP contribution in [0, 0.1) is 0 Å². The van der Waals surface area contributed by atoms with Crippen LogP contribution in [0.4, 0.5) is 0 Å². The summed E-state index contributed by atoms with van der Waals surface area (Å²) in [5.74, 6) is 2.22. The van der Waals surface area contributed by atoms with E-state index >= 15 is 0 Å². The van der Waals surface area contributed by atoms with Crippen molar-refractivity contribution >= 4 is 0 Å². The van der Waals surface area contributed by atoms with E-state index in [4.69, 9.17) is 0 Å². The van der Waals surface area contributed by atoms with Gasteiger partial charge in [0.1, 0.15) is 0 Å². The van der Waals surface area contributed by atoms with Crippen LogP contribution < -0.4 is 0 Å². The highest BCUT2D eigenvalue weighted by atomic mass is 14.2. The Morgan fingerprint density at radius 2 is 0.583 bits per heavy atom. The molecule has 0 radical (unpaired) electrons. The van der Waals surface area contributed by atoms with E-state index in [0.717, 1.165) is 0 Å². The Balaban J connectivity index is 2.65. The monoisotopic (exact) mass is 322 g/mol. The standard InChI is InChI=1S/C24H34/c1-15(2)19-9-20(16(3)4)12-23(11-19)24-13-21(17(5)6)10-22(14-24)18(7)8/h9-18H,1-8H3. The van der Waals surface area contributed by atoms with Gasteiger partial charge < -0.3 is 0 Å². The van der Waals surface area contributed by atoms with Gasteiger partial charge in [0.2, 0.25) is 0 Å². The van der Waals surface area contributed by atoms with E-state index in [-0.39, 0.29) is 0 Å². The van der Waals surface area contributed by atoms with Crippen molar-refractivity contribution in [3.05, 3.63) is 58.7 Å². The summed E-state index contributed by atoms with van der Waals surface area (Å²) in [6.07, 6.45) is 0. The molecule has 0 N–H and O–H groups in total. The second-order valence-corrected chi connectivity index (χ2v) is 8.40. The van der Waals surface area contributed by atoms with E-state index < -0.39 is 0 Å². The number of hydrogen-bond donors (Lipinski definition) is 0. The first-order valence-corrected chi connectivity index (χ1v) is 9.49. The lowest BCUT2D eigenvalue weighted by atomic mass is 9.87. The molecule has 0 aliphatic heterocycles. The minimum Gasteiger partial charge on any atom is -0.0587 e. The molecular weight excluding hydrogens is 288 g/mol. The summed E-state index contributed by atoms with van der Waals surface area (Å²) in [6.45, 7) is 18.3. The molecule has 2 aromatic carbocycles. The summed E-state index contributed by atoms with van der Waals surface area (Å²) in [6, 6.07) is 14.3. The summed E-state index contributed by atoms with van der Waals surface area (Å²) < 4.78 is 0. The lowest BCUT2D eigenvalue weighted by Gasteiger charge is -2.18. The van der Waals surface area contributed by atoms with Crippen LogP contribution in [0.3, 0.4) is 0 Å². The average Bonchev–Trinajstić information content (AvgIpc) is 2.53. The molecule has 0 fully saturated rings. The summed E-state index contributed by atoms with van der Waals surface area (Å²) in [5, 5.41) is 0. The maximum atomic E-state index is 2.39. The summed E-state index contributed by atoms with van der Waals surface area (Å²) in [4.78, 5) is 0. The molecule has 130 valence electrons. The van der Waals surface area contributed by atoms with Crippen LogP contribution in [0.25, 0.3) is 11.1 Å². The van der Waals surface area contributed by atoms with E-state index in [1.54, 1.807) is 0 Å². The third kappa shape index (κ3) is 4.29. The van der Waals surface area contributed by atoms with Gasteiger partial charge in [0.25, 0.3) is 0 Å². The van der Waals surface area contributed by atoms with Crippen molar-refractivity contribution in [3.8, 4) is 11.1 Å². The van der Waals surface area contributed by atoms with Crippen LogP contribution in [0.15, 0.2) is 36.4 Å². The van der Waals surface area contributed by atoms with Gasteiger partial charge in [-0.1, -0.05) is 91.8 Å². The van der Waals surface area contributed by atoms with Crippen molar-refractivity contribution in [1.82, 2.24) is 0 Å². The van der Waals surface area contributed by atoms with Crippen molar-refractivity contribution in [3.63, 3.8) is 0 Å². The molecule has 24 heavy (non-hydrogen) atoms. The molecule has 0 aromatic heterocycles. The minimum absolute atomic E-state index is 0.556. The molecule has 0 heterocycles. The molecule has 0 unspecified atom stereocenters. The predicted molar refractivity (Wildman–Crippen MR) is 108 cm³/mol. The molecule has 0 atom stereocenters. The van der Waals surface area contributed by atoms with Gasteiger partial charge in [0.15, 0.2) is 0 Å². The molecule has 0 spiro atoms. The Kier molecular flexibility index (Phi) is 5.91. The maximum absolute atomic E-state index is 2.39. The Hall–Kier alpha value is -1.56. The van der Waals surface area contributed by atoms with Crippen LogP contribution in [-0.4, -0.2) is 0 Å². The maximum Gasteiger partial charge on any atom is -0.0178 e. The average molecular weight is 323 g/mol. The Bertz CT molecular complexity index is 573. The fourth-order valence-electron chi connectivity index (χ4n) is 3.02. The molecule has 0 aliphatic rings. The highest BCUT2D eigenvalue weighted by molar-refractivity contribution is 5.68. The van der Waals surface area contributed by atoms with Crippen molar-refractivity contribution in [2.75, 3.05) is 0 Å². The molecule has 0 amide bonds.